The van der Waals surface area contributed by atoms with Crippen LogP contribution in [0.2, 0.25) is 5.02 Å². The van der Waals surface area contributed by atoms with Gasteiger partial charge in [-0.15, -0.1) is 0 Å². The molecule has 1 aliphatic rings. The third-order valence-electron chi connectivity index (χ3n) is 3.14. The molecule has 0 aromatic heterocycles. The fourth-order valence-corrected chi connectivity index (χ4v) is 2.29. The second-order valence-electron chi connectivity index (χ2n) is 4.37. The van der Waals surface area contributed by atoms with Gasteiger partial charge >= 0.3 is 0 Å². The fourth-order valence-electron chi connectivity index (χ4n) is 2.12. The molecule has 1 aliphatic heterocycles. The van der Waals surface area contributed by atoms with Crippen LogP contribution in [-0.4, -0.2) is 19.7 Å². The number of hydrogen-bond donors (Lipinski definition) is 1. The molecule has 1 aromatic rings. The van der Waals surface area contributed by atoms with Crippen molar-refractivity contribution >= 4 is 17.3 Å². The van der Waals surface area contributed by atoms with Crippen molar-refractivity contribution in [3.63, 3.8) is 0 Å². The molecule has 1 fully saturated rings. The first-order valence-electron chi connectivity index (χ1n) is 5.53. The van der Waals surface area contributed by atoms with Crippen molar-refractivity contribution in [1.82, 2.24) is 0 Å². The minimum Gasteiger partial charge on any atom is -0.371 e. The maximum atomic E-state index is 6.12. The van der Waals surface area contributed by atoms with Gasteiger partial charge in [0.2, 0.25) is 0 Å². The van der Waals surface area contributed by atoms with Crippen LogP contribution in [0.25, 0.3) is 0 Å². The average molecular weight is 241 g/mol. The lowest BCUT2D eigenvalue weighted by atomic mass is 10.1. The molecular weight excluding hydrogens is 224 g/mol. The molecule has 1 heterocycles. The van der Waals surface area contributed by atoms with Crippen LogP contribution in [0.15, 0.2) is 18.2 Å². The van der Waals surface area contributed by atoms with E-state index in [0.29, 0.717) is 12.5 Å². The third kappa shape index (κ3) is 2.48. The molecule has 0 bridgehead atoms. The molecule has 1 saturated heterocycles. The van der Waals surface area contributed by atoms with Crippen LogP contribution < -0.4 is 10.8 Å². The Hall–Kier alpha value is -0.770. The summed E-state index contributed by atoms with van der Waals surface area (Å²) in [5.41, 5.74) is 2.31. The summed E-state index contributed by atoms with van der Waals surface area (Å²) in [6, 6.07) is 6.21. The zero-order valence-electron chi connectivity index (χ0n) is 9.45. The van der Waals surface area contributed by atoms with Gasteiger partial charge in [-0.1, -0.05) is 17.7 Å². The second-order valence-corrected chi connectivity index (χ2v) is 4.77. The van der Waals surface area contributed by atoms with E-state index in [9.17, 15) is 0 Å². The van der Waals surface area contributed by atoms with Gasteiger partial charge in [0.1, 0.15) is 0 Å². The summed E-state index contributed by atoms with van der Waals surface area (Å²) < 4.78 is 0. The first-order valence-corrected chi connectivity index (χ1v) is 5.91. The predicted octanol–water partition coefficient (Wildman–Crippen LogP) is 2.37. The van der Waals surface area contributed by atoms with E-state index in [1.54, 1.807) is 0 Å². The van der Waals surface area contributed by atoms with Crippen LogP contribution >= 0.6 is 11.6 Å². The molecule has 88 valence electrons. The van der Waals surface area contributed by atoms with E-state index in [4.69, 9.17) is 22.3 Å². The van der Waals surface area contributed by atoms with Gasteiger partial charge in [0, 0.05) is 29.7 Å². The highest BCUT2D eigenvalue weighted by Crippen LogP contribution is 2.27. The van der Waals surface area contributed by atoms with E-state index >= 15 is 0 Å². The van der Waals surface area contributed by atoms with Crippen molar-refractivity contribution in [1.29, 1.82) is 0 Å². The van der Waals surface area contributed by atoms with Crippen LogP contribution in [-0.2, 0) is 4.84 Å². The smallest absolute Gasteiger partial charge is 0.0724 e. The summed E-state index contributed by atoms with van der Waals surface area (Å²) in [6.07, 6.45) is 1.13. The van der Waals surface area contributed by atoms with E-state index in [-0.39, 0.29) is 0 Å². The summed E-state index contributed by atoms with van der Waals surface area (Å²) in [5, 5.41) is 0.830. The van der Waals surface area contributed by atoms with Crippen LogP contribution in [0.4, 0.5) is 5.69 Å². The van der Waals surface area contributed by atoms with E-state index < -0.39 is 0 Å². The van der Waals surface area contributed by atoms with Gasteiger partial charge in [-0.3, -0.25) is 0 Å². The molecule has 2 rings (SSSR count). The number of nitrogens with zero attached hydrogens (tertiary/aromatic N) is 1. The third-order valence-corrected chi connectivity index (χ3v) is 3.55. The van der Waals surface area contributed by atoms with Crippen LogP contribution in [0.1, 0.15) is 12.0 Å². The second kappa shape index (κ2) is 5.04. The van der Waals surface area contributed by atoms with Gasteiger partial charge in [-0.2, -0.15) is 0 Å². The zero-order chi connectivity index (χ0) is 11.5. The van der Waals surface area contributed by atoms with Gasteiger partial charge in [-0.25, -0.2) is 5.90 Å². The Morgan fingerprint density at radius 3 is 3.06 bits per heavy atom. The lowest BCUT2D eigenvalue weighted by Gasteiger charge is -2.19. The number of anilines is 1. The van der Waals surface area contributed by atoms with Crippen molar-refractivity contribution in [3.8, 4) is 0 Å². The van der Waals surface area contributed by atoms with Gasteiger partial charge < -0.3 is 9.74 Å². The minimum absolute atomic E-state index is 0.532. The molecule has 1 aromatic carbocycles. The SMILES string of the molecule is Cc1ccc(N2CCC(CON)C2)cc1Cl. The minimum atomic E-state index is 0.532. The maximum absolute atomic E-state index is 6.12. The highest BCUT2D eigenvalue weighted by molar-refractivity contribution is 6.31. The topological polar surface area (TPSA) is 38.5 Å². The standard InChI is InChI=1S/C12H17ClN2O/c1-9-2-3-11(6-12(9)13)15-5-4-10(7-15)8-16-14/h2-3,6,10H,4-5,7-8,14H2,1H3. The average Bonchev–Trinajstić information content (AvgIpc) is 2.71. The van der Waals surface area contributed by atoms with E-state index in [1.165, 1.54) is 5.69 Å². The van der Waals surface area contributed by atoms with Crippen molar-refractivity contribution in [2.45, 2.75) is 13.3 Å². The highest BCUT2D eigenvalue weighted by atomic mass is 35.5. The molecule has 0 radical (unpaired) electrons. The molecule has 0 saturated carbocycles. The molecule has 2 N–H and O–H groups in total. The monoisotopic (exact) mass is 240 g/mol. The number of halogens is 1. The van der Waals surface area contributed by atoms with Crippen LogP contribution in [0.3, 0.4) is 0 Å². The largest absolute Gasteiger partial charge is 0.371 e. The predicted molar refractivity (Wildman–Crippen MR) is 66.6 cm³/mol. The lowest BCUT2D eigenvalue weighted by molar-refractivity contribution is 0.108. The highest BCUT2D eigenvalue weighted by Gasteiger charge is 2.22. The van der Waals surface area contributed by atoms with Gasteiger partial charge in [0.05, 0.1) is 6.61 Å². The van der Waals surface area contributed by atoms with Crippen molar-refractivity contribution < 1.29 is 4.84 Å². The quantitative estimate of drug-likeness (QED) is 0.825. The molecule has 3 nitrogen and oxygen atoms in total. The molecular formula is C12H17ClN2O. The van der Waals surface area contributed by atoms with Crippen molar-refractivity contribution in [2.75, 3.05) is 24.6 Å². The first kappa shape index (κ1) is 11.7. The summed E-state index contributed by atoms with van der Waals surface area (Å²) in [5.74, 6) is 5.63. The van der Waals surface area contributed by atoms with E-state index in [0.717, 1.165) is 30.1 Å². The van der Waals surface area contributed by atoms with Gasteiger partial charge in [0.25, 0.3) is 0 Å². The molecule has 1 unspecified atom stereocenters. The van der Waals surface area contributed by atoms with Crippen molar-refractivity contribution in [2.24, 2.45) is 11.8 Å². The maximum Gasteiger partial charge on any atom is 0.0724 e. The molecule has 16 heavy (non-hydrogen) atoms. The number of aryl methyl sites for hydroxylation is 1. The summed E-state index contributed by atoms with van der Waals surface area (Å²) in [4.78, 5) is 7.03. The number of rotatable bonds is 3. The molecule has 0 aliphatic carbocycles. The summed E-state index contributed by atoms with van der Waals surface area (Å²) in [6.45, 7) is 4.70. The number of nitrogens with two attached hydrogens (primary N) is 1. The Balaban J connectivity index is 2.05. The Bertz CT molecular complexity index is 370. The van der Waals surface area contributed by atoms with Gasteiger partial charge in [0.15, 0.2) is 0 Å². The first-order chi connectivity index (χ1) is 7.70. The Morgan fingerprint density at radius 1 is 1.56 bits per heavy atom. The normalized spacial score (nSPS) is 20.4. The van der Waals surface area contributed by atoms with Crippen LogP contribution in [0.5, 0.6) is 0 Å². The Labute approximate surface area is 101 Å². The van der Waals surface area contributed by atoms with Gasteiger partial charge in [-0.05, 0) is 31.0 Å². The van der Waals surface area contributed by atoms with E-state index in [2.05, 4.69) is 17.0 Å². The molecule has 0 amide bonds. The Kier molecular flexibility index (Phi) is 3.69. The number of hydrogen-bond acceptors (Lipinski definition) is 3. The van der Waals surface area contributed by atoms with E-state index in [1.807, 2.05) is 13.0 Å². The lowest BCUT2D eigenvalue weighted by Crippen LogP contribution is -2.21. The zero-order valence-corrected chi connectivity index (χ0v) is 10.2. The molecule has 0 spiro atoms. The van der Waals surface area contributed by atoms with Crippen LogP contribution in [0, 0.1) is 12.8 Å². The fraction of sp³-hybridized carbons (Fsp3) is 0.500. The Morgan fingerprint density at radius 2 is 2.38 bits per heavy atom. The molecule has 4 heteroatoms. The molecule has 1 atom stereocenters. The summed E-state index contributed by atoms with van der Waals surface area (Å²) >= 11 is 6.12. The van der Waals surface area contributed by atoms with Crippen molar-refractivity contribution in [3.05, 3.63) is 28.8 Å². The number of benzene rings is 1. The summed E-state index contributed by atoms with van der Waals surface area (Å²) in [7, 11) is 0.